The fourth-order valence-corrected chi connectivity index (χ4v) is 4.27. The first-order chi connectivity index (χ1) is 15.4. The number of halogens is 1. The second kappa shape index (κ2) is 13.5. The summed E-state index contributed by atoms with van der Waals surface area (Å²) in [6.07, 6.45) is 5.09. The summed E-state index contributed by atoms with van der Waals surface area (Å²) in [6, 6.07) is 6.35. The second-order valence-corrected chi connectivity index (χ2v) is 10.8. The van der Waals surface area contributed by atoms with Gasteiger partial charge in [0.25, 0.3) is 0 Å². The smallest absolute Gasteiger partial charge is 0.225 e. The van der Waals surface area contributed by atoms with E-state index in [0.717, 1.165) is 25.9 Å². The Balaban J connectivity index is 0.00000578. The van der Waals surface area contributed by atoms with Gasteiger partial charge in [-0.15, -0.1) is 12.4 Å². The average Bonchev–Trinajstić information content (AvgIpc) is 3.05. The summed E-state index contributed by atoms with van der Waals surface area (Å²) in [4.78, 5) is 12.1. The van der Waals surface area contributed by atoms with E-state index in [1.807, 2.05) is 20.8 Å². The third-order valence-electron chi connectivity index (χ3n) is 6.59. The number of aryl methyl sites for hydroxylation is 2. The lowest BCUT2D eigenvalue weighted by Crippen LogP contribution is -2.47. The number of benzene rings is 1. The molecule has 194 valence electrons. The molecule has 7 heteroatoms. The molecular weight excluding hydrogens is 450 g/mol. The predicted molar refractivity (Wildman–Crippen MR) is 143 cm³/mol. The van der Waals surface area contributed by atoms with Crippen molar-refractivity contribution in [1.82, 2.24) is 9.88 Å². The summed E-state index contributed by atoms with van der Waals surface area (Å²) in [5.74, 6) is 0.692. The Morgan fingerprint density at radius 3 is 2.53 bits per heavy atom. The number of hydrogen-bond donors (Lipinski definition) is 3. The number of carbonyl (C=O) groups excluding carboxylic acids is 1. The molecule has 0 bridgehead atoms. The van der Waals surface area contributed by atoms with Gasteiger partial charge in [-0.1, -0.05) is 40.7 Å². The van der Waals surface area contributed by atoms with Gasteiger partial charge in [-0.25, -0.2) is 0 Å². The maximum atomic E-state index is 12.1. The number of fused-ring (bicyclic) bond motifs is 1. The van der Waals surface area contributed by atoms with Crippen molar-refractivity contribution in [1.29, 1.82) is 0 Å². The van der Waals surface area contributed by atoms with Crippen molar-refractivity contribution >= 4 is 29.2 Å². The summed E-state index contributed by atoms with van der Waals surface area (Å²) in [7, 11) is 3.84. The number of amides is 1. The molecule has 0 saturated heterocycles. The van der Waals surface area contributed by atoms with E-state index < -0.39 is 11.5 Å². The molecule has 1 heterocycles. The summed E-state index contributed by atoms with van der Waals surface area (Å²) in [6.45, 7) is 10.9. The third-order valence-corrected chi connectivity index (χ3v) is 6.59. The molecule has 1 aromatic heterocycles. The first-order valence-electron chi connectivity index (χ1n) is 12.2. The Hall–Kier alpha value is -1.60. The third kappa shape index (κ3) is 8.56. The van der Waals surface area contributed by atoms with Crippen LogP contribution in [0.4, 0.5) is 0 Å². The summed E-state index contributed by atoms with van der Waals surface area (Å²) < 4.78 is 7.42. The van der Waals surface area contributed by atoms with Crippen LogP contribution in [0.1, 0.15) is 58.6 Å². The van der Waals surface area contributed by atoms with Crippen LogP contribution in [-0.2, 0) is 29.4 Å². The van der Waals surface area contributed by atoms with Crippen LogP contribution in [0.2, 0.25) is 0 Å². The molecule has 2 rings (SSSR count). The molecule has 6 nitrogen and oxygen atoms in total. The monoisotopic (exact) mass is 495 g/mol. The van der Waals surface area contributed by atoms with Gasteiger partial charge in [-0.2, -0.15) is 0 Å². The van der Waals surface area contributed by atoms with Crippen LogP contribution >= 0.6 is 12.4 Å². The van der Waals surface area contributed by atoms with Gasteiger partial charge in [-0.3, -0.25) is 4.79 Å². The topological polar surface area (TPSA) is 89.5 Å². The van der Waals surface area contributed by atoms with E-state index in [2.05, 4.69) is 55.2 Å². The van der Waals surface area contributed by atoms with Gasteiger partial charge in [0.1, 0.15) is 0 Å². The zero-order valence-corrected chi connectivity index (χ0v) is 22.9. The quantitative estimate of drug-likeness (QED) is 0.384. The fourth-order valence-electron chi connectivity index (χ4n) is 4.27. The molecule has 0 aliphatic heterocycles. The number of nitrogens with two attached hydrogens (primary N) is 1. The van der Waals surface area contributed by atoms with E-state index in [1.54, 1.807) is 7.11 Å². The van der Waals surface area contributed by atoms with Gasteiger partial charge in [0.2, 0.25) is 5.91 Å². The van der Waals surface area contributed by atoms with Gasteiger partial charge in [-0.05, 0) is 60.8 Å². The van der Waals surface area contributed by atoms with Gasteiger partial charge in [0, 0.05) is 55.9 Å². The average molecular weight is 496 g/mol. The molecule has 0 aliphatic rings. The zero-order chi connectivity index (χ0) is 24.8. The highest BCUT2D eigenvalue weighted by molar-refractivity contribution is 5.85. The van der Waals surface area contributed by atoms with Crippen LogP contribution < -0.4 is 11.1 Å². The van der Waals surface area contributed by atoms with Crippen LogP contribution in [0.15, 0.2) is 24.4 Å². The number of methoxy groups -OCH3 is 1. The van der Waals surface area contributed by atoms with Crippen LogP contribution in [0.3, 0.4) is 0 Å². The van der Waals surface area contributed by atoms with E-state index >= 15 is 0 Å². The highest BCUT2D eigenvalue weighted by Gasteiger charge is 2.26. The van der Waals surface area contributed by atoms with E-state index in [0.29, 0.717) is 18.3 Å². The van der Waals surface area contributed by atoms with Crippen molar-refractivity contribution in [3.05, 3.63) is 35.5 Å². The van der Waals surface area contributed by atoms with Gasteiger partial charge < -0.3 is 25.5 Å². The molecule has 1 amide bonds. The maximum absolute atomic E-state index is 12.1. The number of aromatic nitrogens is 1. The van der Waals surface area contributed by atoms with Crippen molar-refractivity contribution in [2.45, 2.75) is 72.4 Å². The number of aliphatic hydroxyl groups is 1. The lowest BCUT2D eigenvalue weighted by atomic mass is 9.83. The SMILES string of the molecule is COCCCc1cn(C)c2ccc(CC(CC(N)C(O)CNC(=O)C(C)(C)C)C(C)C)cc12.Cl. The van der Waals surface area contributed by atoms with Crippen molar-refractivity contribution in [2.24, 2.45) is 30.0 Å². The summed E-state index contributed by atoms with van der Waals surface area (Å²) in [5, 5.41) is 14.7. The first kappa shape index (κ1) is 30.4. The van der Waals surface area contributed by atoms with E-state index in [4.69, 9.17) is 10.5 Å². The minimum atomic E-state index is -0.762. The highest BCUT2D eigenvalue weighted by Crippen LogP contribution is 2.28. The minimum absolute atomic E-state index is 0. The number of ether oxygens (including phenoxy) is 1. The molecule has 3 atom stereocenters. The Labute approximate surface area is 212 Å². The van der Waals surface area contributed by atoms with Crippen LogP contribution in [-0.4, -0.2) is 48.0 Å². The molecule has 3 unspecified atom stereocenters. The Morgan fingerprint density at radius 1 is 1.26 bits per heavy atom. The lowest BCUT2D eigenvalue weighted by Gasteiger charge is -2.28. The number of rotatable bonds is 12. The van der Waals surface area contributed by atoms with Crippen LogP contribution in [0, 0.1) is 17.3 Å². The predicted octanol–water partition coefficient (Wildman–Crippen LogP) is 4.23. The largest absolute Gasteiger partial charge is 0.390 e. The Morgan fingerprint density at radius 2 is 1.94 bits per heavy atom. The molecule has 34 heavy (non-hydrogen) atoms. The molecule has 1 aromatic carbocycles. The van der Waals surface area contributed by atoms with Gasteiger partial charge in [0.05, 0.1) is 6.10 Å². The van der Waals surface area contributed by atoms with Crippen molar-refractivity contribution < 1.29 is 14.6 Å². The molecular formula is C27H46ClN3O3. The van der Waals surface area contributed by atoms with E-state index in [9.17, 15) is 9.90 Å². The van der Waals surface area contributed by atoms with E-state index in [1.165, 1.54) is 22.0 Å². The van der Waals surface area contributed by atoms with Crippen LogP contribution in [0.25, 0.3) is 10.9 Å². The zero-order valence-electron chi connectivity index (χ0n) is 22.1. The molecule has 0 radical (unpaired) electrons. The standard InChI is InChI=1S/C27H45N3O3.ClH/c1-18(2)21(15-23(28)25(31)16-29-26(32)27(3,4)5)13-19-10-11-24-22(14-19)20(17-30(24)6)9-8-12-33-7;/h10-11,14,17-18,21,23,25,31H,8-9,12-13,15-16,28H2,1-7H3,(H,29,32);1H. The maximum Gasteiger partial charge on any atom is 0.225 e. The van der Waals surface area contributed by atoms with Crippen molar-refractivity contribution in [2.75, 3.05) is 20.3 Å². The first-order valence-corrected chi connectivity index (χ1v) is 12.2. The molecule has 0 saturated carbocycles. The lowest BCUT2D eigenvalue weighted by molar-refractivity contribution is -0.129. The number of nitrogens with one attached hydrogen (secondary N) is 1. The Kier molecular flexibility index (Phi) is 12.1. The number of carbonyl (C=O) groups is 1. The number of aliphatic hydroxyl groups excluding tert-OH is 1. The molecule has 0 aliphatic carbocycles. The highest BCUT2D eigenvalue weighted by atomic mass is 35.5. The van der Waals surface area contributed by atoms with Crippen molar-refractivity contribution in [3.63, 3.8) is 0 Å². The molecule has 0 spiro atoms. The number of hydrogen-bond acceptors (Lipinski definition) is 4. The summed E-state index contributed by atoms with van der Waals surface area (Å²) in [5.41, 5.74) is 9.79. The normalized spacial score (nSPS) is 14.6. The Bertz CT molecular complexity index is 904. The van der Waals surface area contributed by atoms with Crippen molar-refractivity contribution in [3.8, 4) is 0 Å². The second-order valence-electron chi connectivity index (χ2n) is 10.8. The number of nitrogens with zero attached hydrogens (tertiary/aromatic N) is 1. The van der Waals surface area contributed by atoms with Gasteiger partial charge in [0.15, 0.2) is 0 Å². The molecule has 2 aromatic rings. The van der Waals surface area contributed by atoms with Gasteiger partial charge >= 0.3 is 0 Å². The fraction of sp³-hybridized carbons (Fsp3) is 0.667. The minimum Gasteiger partial charge on any atom is -0.390 e. The van der Waals surface area contributed by atoms with Crippen LogP contribution in [0.5, 0.6) is 0 Å². The summed E-state index contributed by atoms with van der Waals surface area (Å²) >= 11 is 0. The molecule has 0 fully saturated rings. The van der Waals surface area contributed by atoms with E-state index in [-0.39, 0.29) is 30.9 Å². The molecule has 4 N–H and O–H groups in total.